The second-order valence-corrected chi connectivity index (χ2v) is 7.15. The maximum Gasteiger partial charge on any atom is 0.330 e. The van der Waals surface area contributed by atoms with Gasteiger partial charge in [-0.2, -0.15) is 0 Å². The predicted molar refractivity (Wildman–Crippen MR) is 121 cm³/mol. The fraction of sp³-hybridized carbons (Fsp3) is 0.190. The molecule has 1 heterocycles. The largest absolute Gasteiger partial charge is 0.495 e. The van der Waals surface area contributed by atoms with E-state index >= 15 is 0 Å². The van der Waals surface area contributed by atoms with Gasteiger partial charge in [-0.25, -0.2) is 4.79 Å². The number of nitrogens with two attached hydrogens (primary N) is 1. The molecule has 3 aromatic rings. The van der Waals surface area contributed by atoms with Crippen LogP contribution in [-0.2, 0) is 11.3 Å². The Morgan fingerprint density at radius 1 is 1.23 bits per heavy atom. The van der Waals surface area contributed by atoms with E-state index < -0.39 is 17.2 Å². The molecule has 0 saturated heterocycles. The van der Waals surface area contributed by atoms with Gasteiger partial charge >= 0.3 is 5.69 Å². The molecule has 0 aliphatic heterocycles. The molecule has 162 valence electrons. The smallest absolute Gasteiger partial charge is 0.330 e. The molecule has 1 aromatic heterocycles. The number of ether oxygens (including phenoxy) is 1. The molecule has 0 unspecified atom stereocenters. The van der Waals surface area contributed by atoms with Gasteiger partial charge in [0.25, 0.3) is 5.56 Å². The minimum atomic E-state index is -0.747. The summed E-state index contributed by atoms with van der Waals surface area (Å²) < 4.78 is 6.45. The fourth-order valence-electron chi connectivity index (χ4n) is 3.06. The average Bonchev–Trinajstić information content (AvgIpc) is 2.75. The highest BCUT2D eigenvalue weighted by atomic mass is 35.5. The number of methoxy groups -OCH3 is 1. The lowest BCUT2D eigenvalue weighted by Crippen LogP contribution is -2.41. The van der Waals surface area contributed by atoms with Crippen molar-refractivity contribution in [3.05, 3.63) is 80.0 Å². The van der Waals surface area contributed by atoms with Crippen LogP contribution in [0.1, 0.15) is 5.56 Å². The Balaban J connectivity index is 1.85. The third-order valence-corrected chi connectivity index (χ3v) is 4.93. The number of aromatic amines is 1. The van der Waals surface area contributed by atoms with Crippen molar-refractivity contribution in [2.75, 3.05) is 36.7 Å². The zero-order valence-corrected chi connectivity index (χ0v) is 17.8. The Kier molecular flexibility index (Phi) is 6.66. The van der Waals surface area contributed by atoms with E-state index in [2.05, 4.69) is 10.3 Å². The summed E-state index contributed by atoms with van der Waals surface area (Å²) >= 11 is 6.00. The van der Waals surface area contributed by atoms with Crippen LogP contribution in [0, 0.1) is 0 Å². The molecule has 0 atom stereocenters. The number of nitrogens with zero attached hydrogens (tertiary/aromatic N) is 2. The van der Waals surface area contributed by atoms with E-state index in [0.29, 0.717) is 16.5 Å². The molecule has 1 amide bonds. The molecule has 0 radical (unpaired) electrons. The number of H-pyrrole nitrogens is 1. The SMILES string of the molecule is COc1ccc(Cl)cc1NCC(=O)N(C)c1c(N)n(Cc2ccccc2)c(=O)[nH]c1=O. The molecule has 31 heavy (non-hydrogen) atoms. The first-order valence-corrected chi connectivity index (χ1v) is 9.70. The minimum absolute atomic E-state index is 0.103. The Bertz CT molecular complexity index is 1210. The zero-order chi connectivity index (χ0) is 22.5. The van der Waals surface area contributed by atoms with Gasteiger partial charge in [-0.15, -0.1) is 0 Å². The van der Waals surface area contributed by atoms with Crippen molar-refractivity contribution >= 4 is 34.7 Å². The molecule has 2 aromatic carbocycles. The summed E-state index contributed by atoms with van der Waals surface area (Å²) in [6.45, 7) is -0.0147. The standard InChI is InChI=1S/C21H22ClN5O4/c1-26(17(28)11-24-15-10-14(22)8-9-16(15)31-2)18-19(23)27(21(30)25-20(18)29)12-13-6-4-3-5-7-13/h3-10,24H,11-12,23H2,1-2H3,(H,25,29,30). The van der Waals surface area contributed by atoms with Crippen LogP contribution < -0.4 is 31.9 Å². The van der Waals surface area contributed by atoms with E-state index in [0.717, 1.165) is 10.5 Å². The van der Waals surface area contributed by atoms with Gasteiger partial charge in [-0.05, 0) is 23.8 Å². The molecule has 9 nitrogen and oxygen atoms in total. The monoisotopic (exact) mass is 443 g/mol. The first-order valence-electron chi connectivity index (χ1n) is 9.32. The first kappa shape index (κ1) is 22.0. The predicted octanol–water partition coefficient (Wildman–Crippen LogP) is 1.90. The summed E-state index contributed by atoms with van der Waals surface area (Å²) in [4.78, 5) is 40.8. The van der Waals surface area contributed by atoms with Gasteiger partial charge < -0.3 is 20.7 Å². The Labute approximate surface area is 183 Å². The van der Waals surface area contributed by atoms with Crippen molar-refractivity contribution in [1.29, 1.82) is 0 Å². The van der Waals surface area contributed by atoms with Gasteiger partial charge in [0.2, 0.25) is 5.91 Å². The van der Waals surface area contributed by atoms with E-state index in [9.17, 15) is 14.4 Å². The van der Waals surface area contributed by atoms with Crippen molar-refractivity contribution in [2.45, 2.75) is 6.54 Å². The number of nitrogen functional groups attached to an aromatic ring is 1. The van der Waals surface area contributed by atoms with Crippen LogP contribution in [0.25, 0.3) is 0 Å². The number of halogens is 1. The number of carbonyl (C=O) groups excluding carboxylic acids is 1. The number of aromatic nitrogens is 2. The molecule has 3 rings (SSSR count). The number of rotatable bonds is 7. The molecule has 0 bridgehead atoms. The van der Waals surface area contributed by atoms with Gasteiger partial charge in [0.15, 0.2) is 5.69 Å². The van der Waals surface area contributed by atoms with E-state index in [1.54, 1.807) is 18.2 Å². The minimum Gasteiger partial charge on any atom is -0.495 e. The second kappa shape index (κ2) is 9.40. The molecule has 0 aliphatic carbocycles. The Morgan fingerprint density at radius 3 is 2.61 bits per heavy atom. The van der Waals surface area contributed by atoms with Crippen LogP contribution in [-0.4, -0.2) is 36.2 Å². The van der Waals surface area contributed by atoms with Crippen LogP contribution in [0.15, 0.2) is 58.1 Å². The van der Waals surface area contributed by atoms with Gasteiger partial charge in [0.05, 0.1) is 25.9 Å². The molecule has 10 heteroatoms. The number of carbonyl (C=O) groups is 1. The molecule has 0 saturated carbocycles. The Hall–Kier alpha value is -3.72. The van der Waals surface area contributed by atoms with Gasteiger partial charge in [0, 0.05) is 12.1 Å². The van der Waals surface area contributed by atoms with Crippen LogP contribution in [0.4, 0.5) is 17.2 Å². The highest BCUT2D eigenvalue weighted by Crippen LogP contribution is 2.27. The lowest BCUT2D eigenvalue weighted by Gasteiger charge is -2.21. The van der Waals surface area contributed by atoms with Crippen molar-refractivity contribution in [3.63, 3.8) is 0 Å². The highest BCUT2D eigenvalue weighted by molar-refractivity contribution is 6.31. The van der Waals surface area contributed by atoms with E-state index in [1.807, 2.05) is 30.3 Å². The second-order valence-electron chi connectivity index (χ2n) is 6.72. The Morgan fingerprint density at radius 2 is 1.94 bits per heavy atom. The van der Waals surface area contributed by atoms with Gasteiger partial charge in [-0.1, -0.05) is 41.9 Å². The van der Waals surface area contributed by atoms with Crippen LogP contribution in [0.2, 0.25) is 5.02 Å². The van der Waals surface area contributed by atoms with Crippen molar-refractivity contribution in [2.24, 2.45) is 0 Å². The summed E-state index contributed by atoms with van der Waals surface area (Å²) in [6.07, 6.45) is 0. The third-order valence-electron chi connectivity index (χ3n) is 4.70. The van der Waals surface area contributed by atoms with E-state index in [-0.39, 0.29) is 24.6 Å². The zero-order valence-electron chi connectivity index (χ0n) is 17.0. The van der Waals surface area contributed by atoms with E-state index in [1.165, 1.54) is 18.7 Å². The van der Waals surface area contributed by atoms with Crippen molar-refractivity contribution in [1.82, 2.24) is 9.55 Å². The van der Waals surface area contributed by atoms with E-state index in [4.69, 9.17) is 22.1 Å². The van der Waals surface area contributed by atoms with Gasteiger partial charge in [-0.3, -0.25) is 19.1 Å². The summed E-state index contributed by atoms with van der Waals surface area (Å²) in [5.74, 6) is -0.0495. The first-order chi connectivity index (χ1) is 14.8. The maximum atomic E-state index is 12.8. The van der Waals surface area contributed by atoms with Crippen molar-refractivity contribution in [3.8, 4) is 5.75 Å². The summed E-state index contributed by atoms with van der Waals surface area (Å²) in [7, 11) is 2.91. The molecule has 0 aliphatic rings. The highest BCUT2D eigenvalue weighted by Gasteiger charge is 2.21. The fourth-order valence-corrected chi connectivity index (χ4v) is 3.23. The average molecular weight is 444 g/mol. The number of anilines is 3. The quantitative estimate of drug-likeness (QED) is 0.512. The number of nitrogens with one attached hydrogen (secondary N) is 2. The maximum absolute atomic E-state index is 12.8. The summed E-state index contributed by atoms with van der Waals surface area (Å²) in [5.41, 5.74) is 5.96. The van der Waals surface area contributed by atoms with Crippen LogP contribution >= 0.6 is 11.6 Å². The summed E-state index contributed by atoms with van der Waals surface area (Å²) in [6, 6.07) is 14.1. The molecular formula is C21H22ClN5O4. The number of benzene rings is 2. The number of amides is 1. The topological polar surface area (TPSA) is 122 Å². The van der Waals surface area contributed by atoms with Crippen molar-refractivity contribution < 1.29 is 9.53 Å². The number of hydrogen-bond acceptors (Lipinski definition) is 6. The lowest BCUT2D eigenvalue weighted by atomic mass is 10.2. The number of likely N-dealkylation sites (N-methyl/N-ethyl adjacent to an activating group) is 1. The number of hydrogen-bond donors (Lipinski definition) is 3. The molecule has 0 spiro atoms. The summed E-state index contributed by atoms with van der Waals surface area (Å²) in [5, 5.41) is 3.41. The molecular weight excluding hydrogens is 422 g/mol. The van der Waals surface area contributed by atoms with Crippen LogP contribution in [0.5, 0.6) is 5.75 Å². The molecule has 0 fully saturated rings. The normalized spacial score (nSPS) is 10.5. The third kappa shape index (κ3) is 4.89. The van der Waals surface area contributed by atoms with Crippen LogP contribution in [0.3, 0.4) is 0 Å². The molecule has 4 N–H and O–H groups in total. The lowest BCUT2D eigenvalue weighted by molar-refractivity contribution is -0.116. The van der Waals surface area contributed by atoms with Gasteiger partial charge in [0.1, 0.15) is 11.6 Å².